The SMILES string of the molecule is COC(=O)c1ccc(C2c3c(oc4ccccc4c3=O)C(=O)N2C2CCS(=O)(=O)C2)cc1. The molecule has 9 heteroatoms. The summed E-state index contributed by atoms with van der Waals surface area (Å²) < 4.78 is 34.9. The van der Waals surface area contributed by atoms with E-state index >= 15 is 0 Å². The van der Waals surface area contributed by atoms with Crippen molar-refractivity contribution in [2.45, 2.75) is 18.5 Å². The number of methoxy groups -OCH3 is 1. The van der Waals surface area contributed by atoms with Crippen molar-refractivity contribution in [1.29, 1.82) is 0 Å². The van der Waals surface area contributed by atoms with Gasteiger partial charge in [-0.25, -0.2) is 13.2 Å². The molecule has 0 radical (unpaired) electrons. The van der Waals surface area contributed by atoms with Crippen LogP contribution in [0.3, 0.4) is 0 Å². The summed E-state index contributed by atoms with van der Waals surface area (Å²) in [5.41, 5.74) is 1.05. The molecule has 0 spiro atoms. The van der Waals surface area contributed by atoms with E-state index in [-0.39, 0.29) is 34.7 Å². The molecule has 164 valence electrons. The van der Waals surface area contributed by atoms with Crippen LogP contribution in [0.2, 0.25) is 0 Å². The van der Waals surface area contributed by atoms with Crippen molar-refractivity contribution in [1.82, 2.24) is 4.90 Å². The lowest BCUT2D eigenvalue weighted by molar-refractivity contribution is 0.0598. The highest BCUT2D eigenvalue weighted by Crippen LogP contribution is 2.41. The summed E-state index contributed by atoms with van der Waals surface area (Å²) in [6.07, 6.45) is 0.284. The fraction of sp³-hybridized carbons (Fsp3) is 0.261. The Morgan fingerprint density at radius 3 is 2.47 bits per heavy atom. The first-order valence-electron chi connectivity index (χ1n) is 10.1. The molecule has 5 rings (SSSR count). The fourth-order valence-corrected chi connectivity index (χ4v) is 6.27. The maximum absolute atomic E-state index is 13.4. The second kappa shape index (κ2) is 7.30. The van der Waals surface area contributed by atoms with Crippen molar-refractivity contribution in [2.75, 3.05) is 18.6 Å². The molecule has 2 aromatic carbocycles. The maximum atomic E-state index is 13.4. The van der Waals surface area contributed by atoms with Crippen LogP contribution < -0.4 is 5.43 Å². The molecule has 1 fully saturated rings. The third-order valence-corrected chi connectivity index (χ3v) is 7.81. The van der Waals surface area contributed by atoms with Crippen molar-refractivity contribution in [2.24, 2.45) is 0 Å². The molecule has 0 aliphatic carbocycles. The number of ether oxygens (including phenoxy) is 1. The number of nitrogens with zero attached hydrogens (tertiary/aromatic N) is 1. The minimum Gasteiger partial charge on any atom is -0.465 e. The number of esters is 1. The van der Waals surface area contributed by atoms with Crippen LogP contribution in [0.25, 0.3) is 11.0 Å². The Bertz CT molecular complexity index is 1420. The van der Waals surface area contributed by atoms with Crippen LogP contribution in [0.15, 0.2) is 57.7 Å². The summed E-state index contributed by atoms with van der Waals surface area (Å²) in [6.45, 7) is 0. The van der Waals surface area contributed by atoms with E-state index in [1.807, 2.05) is 0 Å². The highest BCUT2D eigenvalue weighted by molar-refractivity contribution is 7.91. The van der Waals surface area contributed by atoms with Crippen LogP contribution in [0.1, 0.15) is 44.5 Å². The number of carbonyl (C=O) groups excluding carboxylic acids is 2. The van der Waals surface area contributed by atoms with Gasteiger partial charge in [0.05, 0.1) is 41.2 Å². The lowest BCUT2D eigenvalue weighted by Gasteiger charge is -2.30. The first kappa shape index (κ1) is 20.4. The molecule has 8 nitrogen and oxygen atoms in total. The number of amides is 1. The summed E-state index contributed by atoms with van der Waals surface area (Å²) in [4.78, 5) is 40.1. The van der Waals surface area contributed by atoms with E-state index in [1.54, 1.807) is 48.5 Å². The summed E-state index contributed by atoms with van der Waals surface area (Å²) in [5, 5.41) is 0.344. The molecule has 2 aliphatic rings. The average molecular weight is 453 g/mol. The van der Waals surface area contributed by atoms with E-state index in [2.05, 4.69) is 0 Å². The van der Waals surface area contributed by atoms with E-state index in [9.17, 15) is 22.8 Å². The molecule has 3 aromatic rings. The predicted octanol–water partition coefficient (Wildman–Crippen LogP) is 2.31. The average Bonchev–Trinajstić information content (AvgIpc) is 3.30. The zero-order chi connectivity index (χ0) is 22.6. The zero-order valence-electron chi connectivity index (χ0n) is 17.1. The predicted molar refractivity (Wildman–Crippen MR) is 115 cm³/mol. The van der Waals surface area contributed by atoms with E-state index in [0.29, 0.717) is 22.1 Å². The Kier molecular flexibility index (Phi) is 4.67. The molecule has 0 N–H and O–H groups in total. The highest BCUT2D eigenvalue weighted by atomic mass is 32.2. The zero-order valence-corrected chi connectivity index (χ0v) is 17.9. The molecule has 32 heavy (non-hydrogen) atoms. The van der Waals surface area contributed by atoms with Gasteiger partial charge in [0.2, 0.25) is 5.76 Å². The van der Waals surface area contributed by atoms with Crippen molar-refractivity contribution >= 4 is 32.7 Å². The number of para-hydroxylation sites is 1. The third-order valence-electron chi connectivity index (χ3n) is 6.06. The Balaban J connectivity index is 1.71. The van der Waals surface area contributed by atoms with Gasteiger partial charge in [0, 0.05) is 6.04 Å². The lowest BCUT2D eigenvalue weighted by Crippen LogP contribution is -2.40. The van der Waals surface area contributed by atoms with E-state index in [1.165, 1.54) is 12.0 Å². The Morgan fingerprint density at radius 1 is 1.09 bits per heavy atom. The smallest absolute Gasteiger partial charge is 0.337 e. The van der Waals surface area contributed by atoms with Gasteiger partial charge in [-0.05, 0) is 36.2 Å². The molecule has 2 atom stereocenters. The van der Waals surface area contributed by atoms with Gasteiger partial charge in [-0.2, -0.15) is 0 Å². The molecular weight excluding hydrogens is 434 g/mol. The lowest BCUT2D eigenvalue weighted by atomic mass is 9.96. The molecule has 1 saturated heterocycles. The monoisotopic (exact) mass is 453 g/mol. The molecule has 0 bridgehead atoms. The number of hydrogen-bond donors (Lipinski definition) is 0. The first-order valence-corrected chi connectivity index (χ1v) is 11.9. The second-order valence-electron chi connectivity index (χ2n) is 7.96. The van der Waals surface area contributed by atoms with Crippen molar-refractivity contribution in [3.05, 3.63) is 81.2 Å². The van der Waals surface area contributed by atoms with Gasteiger partial charge in [0.1, 0.15) is 5.58 Å². The second-order valence-corrected chi connectivity index (χ2v) is 10.2. The summed E-state index contributed by atoms with van der Waals surface area (Å²) in [7, 11) is -2.00. The van der Waals surface area contributed by atoms with E-state index in [4.69, 9.17) is 9.15 Å². The van der Waals surface area contributed by atoms with Crippen LogP contribution >= 0.6 is 0 Å². The van der Waals surface area contributed by atoms with Crippen LogP contribution in [-0.2, 0) is 14.6 Å². The normalized spacial score (nSPS) is 21.7. The molecule has 2 unspecified atom stereocenters. The Hall–Kier alpha value is -3.46. The number of carbonyl (C=O) groups is 2. The van der Waals surface area contributed by atoms with Gasteiger partial charge < -0.3 is 14.1 Å². The number of benzene rings is 2. The topological polar surface area (TPSA) is 111 Å². The summed E-state index contributed by atoms with van der Waals surface area (Å²) in [6, 6.07) is 11.7. The number of rotatable bonds is 3. The quantitative estimate of drug-likeness (QED) is 0.560. The van der Waals surface area contributed by atoms with Crippen molar-refractivity contribution < 1.29 is 27.2 Å². The minimum atomic E-state index is -3.28. The van der Waals surface area contributed by atoms with Gasteiger partial charge in [-0.1, -0.05) is 24.3 Å². The van der Waals surface area contributed by atoms with Gasteiger partial charge in [0.25, 0.3) is 5.91 Å². The first-order chi connectivity index (χ1) is 15.3. The minimum absolute atomic E-state index is 0.0187. The molecule has 3 heterocycles. The molecule has 2 aliphatic heterocycles. The molecule has 0 saturated carbocycles. The van der Waals surface area contributed by atoms with E-state index in [0.717, 1.165) is 0 Å². The largest absolute Gasteiger partial charge is 0.465 e. The molecule has 1 aromatic heterocycles. The van der Waals surface area contributed by atoms with Gasteiger partial charge >= 0.3 is 5.97 Å². The highest BCUT2D eigenvalue weighted by Gasteiger charge is 2.48. The number of hydrogen-bond acceptors (Lipinski definition) is 7. The van der Waals surface area contributed by atoms with Crippen LogP contribution in [0.5, 0.6) is 0 Å². The summed E-state index contributed by atoms with van der Waals surface area (Å²) in [5.74, 6) is -1.28. The molecule has 1 amide bonds. The number of sulfone groups is 1. The Morgan fingerprint density at radius 2 is 1.81 bits per heavy atom. The van der Waals surface area contributed by atoms with Crippen LogP contribution in [0, 0.1) is 0 Å². The summed E-state index contributed by atoms with van der Waals surface area (Å²) >= 11 is 0. The van der Waals surface area contributed by atoms with Crippen molar-refractivity contribution in [3.8, 4) is 0 Å². The molecular formula is C23H19NO7S. The van der Waals surface area contributed by atoms with Gasteiger partial charge in [-0.3, -0.25) is 9.59 Å². The van der Waals surface area contributed by atoms with Crippen LogP contribution in [0.4, 0.5) is 0 Å². The van der Waals surface area contributed by atoms with Crippen molar-refractivity contribution in [3.63, 3.8) is 0 Å². The number of fused-ring (bicyclic) bond motifs is 2. The maximum Gasteiger partial charge on any atom is 0.337 e. The van der Waals surface area contributed by atoms with E-state index < -0.39 is 33.8 Å². The van der Waals surface area contributed by atoms with Crippen LogP contribution in [-0.4, -0.2) is 49.9 Å². The standard InChI is InChI=1S/C23H19NO7S/c1-30-23(27)14-8-6-13(7-9-14)19-18-20(25)16-4-2-3-5-17(16)31-21(18)22(26)24(19)15-10-11-32(28,29)12-15/h2-9,15,19H,10-12H2,1H3. The fourth-order valence-electron chi connectivity index (χ4n) is 4.56. The van der Waals surface area contributed by atoms with Gasteiger partial charge in [0.15, 0.2) is 15.3 Å². The van der Waals surface area contributed by atoms with Gasteiger partial charge in [-0.15, -0.1) is 0 Å². The Labute approximate surface area is 183 Å². The third kappa shape index (κ3) is 3.12.